The number of nitrogens with zero attached hydrogens (tertiary/aromatic N) is 1. The number of ether oxygens (including phenoxy) is 2. The molecule has 1 atom stereocenters. The summed E-state index contributed by atoms with van der Waals surface area (Å²) in [5.41, 5.74) is 1.16. The molecule has 2 aromatic rings. The number of thiocarbonyl (C=S) groups is 1. The van der Waals surface area contributed by atoms with Crippen LogP contribution in [0.1, 0.15) is 42.6 Å². The molecule has 1 saturated heterocycles. The minimum Gasteiger partial charge on any atom is -0.493 e. The van der Waals surface area contributed by atoms with E-state index in [0.29, 0.717) is 41.4 Å². The van der Waals surface area contributed by atoms with Gasteiger partial charge < -0.3 is 19.7 Å². The predicted molar refractivity (Wildman–Crippen MR) is 144 cm³/mol. The zero-order chi connectivity index (χ0) is 26.1. The largest absolute Gasteiger partial charge is 0.493 e. The van der Waals surface area contributed by atoms with Crippen LogP contribution < -0.4 is 15.4 Å². The summed E-state index contributed by atoms with van der Waals surface area (Å²) in [5, 5.41) is 5.50. The Morgan fingerprint density at radius 3 is 2.69 bits per heavy atom. The second-order valence-electron chi connectivity index (χ2n) is 8.78. The number of amides is 2. The number of hydrogen-bond donors (Lipinski definition) is 2. The van der Waals surface area contributed by atoms with Crippen LogP contribution in [0.25, 0.3) is 0 Å². The fourth-order valence-electron chi connectivity index (χ4n) is 3.56. The highest BCUT2D eigenvalue weighted by molar-refractivity contribution is 9.10. The Morgan fingerprint density at radius 2 is 1.97 bits per heavy atom. The van der Waals surface area contributed by atoms with Gasteiger partial charge in [0.05, 0.1) is 18.6 Å². The van der Waals surface area contributed by atoms with Crippen molar-refractivity contribution in [2.45, 2.75) is 39.3 Å². The summed E-state index contributed by atoms with van der Waals surface area (Å²) in [6.07, 6.45) is 0.648. The number of halogens is 1. The fraction of sp³-hybridized carbons (Fsp3) is 0.385. The lowest BCUT2D eigenvalue weighted by molar-refractivity contribution is -0.148. The first kappa shape index (κ1) is 27.6. The number of piperazine rings is 1. The third-order valence-corrected chi connectivity index (χ3v) is 6.38. The highest BCUT2D eigenvalue weighted by atomic mass is 79.9. The summed E-state index contributed by atoms with van der Waals surface area (Å²) >= 11 is 8.87. The highest BCUT2D eigenvalue weighted by Crippen LogP contribution is 2.24. The van der Waals surface area contributed by atoms with Gasteiger partial charge in [-0.1, -0.05) is 60.1 Å². The molecular weight excluding hydrogens is 546 g/mol. The summed E-state index contributed by atoms with van der Waals surface area (Å²) in [4.78, 5) is 39.7. The van der Waals surface area contributed by atoms with E-state index < -0.39 is 17.9 Å². The van der Waals surface area contributed by atoms with Crippen molar-refractivity contribution >= 4 is 51.0 Å². The quantitative estimate of drug-likeness (QED) is 0.346. The molecule has 1 fully saturated rings. The van der Waals surface area contributed by atoms with Crippen LogP contribution in [0.3, 0.4) is 0 Å². The van der Waals surface area contributed by atoms with Crippen LogP contribution in [0, 0.1) is 5.92 Å². The molecule has 1 aliphatic heterocycles. The minimum absolute atomic E-state index is 0.0591. The van der Waals surface area contributed by atoms with Crippen LogP contribution in [0.15, 0.2) is 53.0 Å². The molecule has 2 aromatic carbocycles. The number of hydrogen-bond acceptors (Lipinski definition) is 6. The lowest BCUT2D eigenvalue weighted by Crippen LogP contribution is -2.60. The first-order chi connectivity index (χ1) is 17.2. The van der Waals surface area contributed by atoms with Gasteiger partial charge in [0.25, 0.3) is 5.91 Å². The maximum atomic E-state index is 13.1. The Labute approximate surface area is 224 Å². The van der Waals surface area contributed by atoms with Crippen LogP contribution >= 0.6 is 28.1 Å². The second kappa shape index (κ2) is 13.4. The number of rotatable bonds is 9. The summed E-state index contributed by atoms with van der Waals surface area (Å²) < 4.78 is 11.9. The molecule has 0 spiro atoms. The standard InChI is InChI=1S/C26H30BrN3O5S/c1-17(2)10-13-34-22-9-8-19(27)14-20(22)24(32)29-26(36)30-12-11-28-25(33)21(30)15-23(31)35-16-18-6-4-3-5-7-18/h3-9,14,17,21H,10-13,15-16H2,1-2H3,(H,28,33)(H,29,32,36). The van der Waals surface area contributed by atoms with E-state index in [0.717, 1.165) is 12.0 Å². The van der Waals surface area contributed by atoms with Gasteiger partial charge in [0.1, 0.15) is 18.4 Å². The SMILES string of the molecule is CC(C)CCOc1ccc(Br)cc1C(=O)NC(=S)N1CCNC(=O)C1CC(=O)OCc1ccccc1. The summed E-state index contributed by atoms with van der Waals surface area (Å²) in [7, 11) is 0. The van der Waals surface area contributed by atoms with Crippen LogP contribution in [0.5, 0.6) is 5.75 Å². The van der Waals surface area contributed by atoms with Crippen molar-refractivity contribution in [2.75, 3.05) is 19.7 Å². The van der Waals surface area contributed by atoms with Crippen LogP contribution in [0.4, 0.5) is 0 Å². The molecule has 0 radical (unpaired) electrons. The van der Waals surface area contributed by atoms with Crippen molar-refractivity contribution in [3.63, 3.8) is 0 Å². The molecule has 2 N–H and O–H groups in total. The molecular formula is C26H30BrN3O5S. The van der Waals surface area contributed by atoms with Gasteiger partial charge in [0, 0.05) is 17.6 Å². The molecule has 3 rings (SSSR count). The number of benzene rings is 2. The Morgan fingerprint density at radius 1 is 1.22 bits per heavy atom. The zero-order valence-corrected chi connectivity index (χ0v) is 22.7. The van der Waals surface area contributed by atoms with E-state index in [2.05, 4.69) is 40.4 Å². The van der Waals surface area contributed by atoms with Gasteiger partial charge in [-0.25, -0.2) is 0 Å². The Bertz CT molecular complexity index is 1100. The molecule has 8 nitrogen and oxygen atoms in total. The first-order valence-corrected chi connectivity index (χ1v) is 13.0. The normalized spacial score (nSPS) is 15.3. The lowest BCUT2D eigenvalue weighted by Gasteiger charge is -2.36. The monoisotopic (exact) mass is 575 g/mol. The molecule has 1 aliphatic rings. The van der Waals surface area contributed by atoms with E-state index in [-0.39, 0.29) is 24.0 Å². The van der Waals surface area contributed by atoms with Gasteiger partial charge in [0.2, 0.25) is 5.91 Å². The molecule has 192 valence electrons. The molecule has 0 aromatic heterocycles. The van der Waals surface area contributed by atoms with Gasteiger partial charge in [-0.05, 0) is 48.3 Å². The molecule has 1 unspecified atom stereocenters. The van der Waals surface area contributed by atoms with Crippen molar-refractivity contribution in [1.29, 1.82) is 0 Å². The predicted octanol–water partition coefficient (Wildman–Crippen LogP) is 3.82. The highest BCUT2D eigenvalue weighted by Gasteiger charge is 2.34. The number of nitrogens with one attached hydrogen (secondary N) is 2. The summed E-state index contributed by atoms with van der Waals surface area (Å²) in [6.45, 7) is 5.46. The molecule has 0 saturated carbocycles. The molecule has 0 aliphatic carbocycles. The topological polar surface area (TPSA) is 97.0 Å². The molecule has 0 bridgehead atoms. The lowest BCUT2D eigenvalue weighted by atomic mass is 10.1. The van der Waals surface area contributed by atoms with Crippen molar-refractivity contribution in [3.05, 3.63) is 64.1 Å². The maximum Gasteiger partial charge on any atom is 0.308 e. The second-order valence-corrected chi connectivity index (χ2v) is 10.1. The summed E-state index contributed by atoms with van der Waals surface area (Å²) in [6, 6.07) is 13.6. The van der Waals surface area contributed by atoms with Crippen molar-refractivity contribution in [2.24, 2.45) is 5.92 Å². The molecule has 36 heavy (non-hydrogen) atoms. The first-order valence-electron chi connectivity index (χ1n) is 11.8. The third-order valence-electron chi connectivity index (χ3n) is 5.55. The molecule has 1 heterocycles. The Balaban J connectivity index is 1.65. The molecule has 10 heteroatoms. The maximum absolute atomic E-state index is 13.1. The Kier molecular flexibility index (Phi) is 10.2. The van der Waals surface area contributed by atoms with Crippen LogP contribution in [-0.2, 0) is 20.9 Å². The average Bonchev–Trinajstić information content (AvgIpc) is 2.85. The average molecular weight is 577 g/mol. The van der Waals surface area contributed by atoms with Gasteiger partial charge in [-0.15, -0.1) is 0 Å². The fourth-order valence-corrected chi connectivity index (χ4v) is 4.23. The van der Waals surface area contributed by atoms with Crippen LogP contribution in [0.2, 0.25) is 0 Å². The summed E-state index contributed by atoms with van der Waals surface area (Å²) in [5.74, 6) is -0.441. The third kappa shape index (κ3) is 8.03. The zero-order valence-electron chi connectivity index (χ0n) is 20.3. The van der Waals surface area contributed by atoms with E-state index in [4.69, 9.17) is 21.7 Å². The van der Waals surface area contributed by atoms with Gasteiger partial charge in [0.15, 0.2) is 5.11 Å². The van der Waals surface area contributed by atoms with Crippen LogP contribution in [-0.4, -0.2) is 53.5 Å². The van der Waals surface area contributed by atoms with Gasteiger partial charge >= 0.3 is 5.97 Å². The van der Waals surface area contributed by atoms with Crippen molar-refractivity contribution in [1.82, 2.24) is 15.5 Å². The minimum atomic E-state index is -0.890. The number of esters is 1. The van der Waals surface area contributed by atoms with E-state index in [1.54, 1.807) is 23.1 Å². The van der Waals surface area contributed by atoms with Crippen molar-refractivity contribution < 1.29 is 23.9 Å². The molecule has 2 amide bonds. The van der Waals surface area contributed by atoms with Gasteiger partial charge in [-0.3, -0.25) is 19.7 Å². The van der Waals surface area contributed by atoms with E-state index in [1.165, 1.54) is 0 Å². The smallest absolute Gasteiger partial charge is 0.308 e. The van der Waals surface area contributed by atoms with Crippen molar-refractivity contribution in [3.8, 4) is 5.75 Å². The van der Waals surface area contributed by atoms with E-state index in [9.17, 15) is 14.4 Å². The van der Waals surface area contributed by atoms with E-state index >= 15 is 0 Å². The van der Waals surface area contributed by atoms with E-state index in [1.807, 2.05) is 30.3 Å². The van der Waals surface area contributed by atoms with Gasteiger partial charge in [-0.2, -0.15) is 0 Å². The Hall–Kier alpha value is -2.98. The number of carbonyl (C=O) groups is 3. The number of carbonyl (C=O) groups excluding carboxylic acids is 3.